The number of hydrogen-bond acceptors (Lipinski definition) is 3. The van der Waals surface area contributed by atoms with Crippen molar-refractivity contribution in [1.82, 2.24) is 0 Å². The number of alkyl halides is 1. The van der Waals surface area contributed by atoms with Crippen LogP contribution in [0.15, 0.2) is 24.3 Å². The normalized spacial score (nSPS) is 10.1. The van der Waals surface area contributed by atoms with Crippen LogP contribution in [0.2, 0.25) is 0 Å². The number of hydrogen-bond donors (Lipinski definition) is 1. The van der Waals surface area contributed by atoms with Crippen molar-refractivity contribution in [3.63, 3.8) is 0 Å². The van der Waals surface area contributed by atoms with Crippen molar-refractivity contribution in [3.8, 4) is 5.75 Å². The maximum Gasteiger partial charge on any atom is 0.119 e. The van der Waals surface area contributed by atoms with E-state index < -0.39 is 6.67 Å². The molecule has 1 rings (SSSR count). The summed E-state index contributed by atoms with van der Waals surface area (Å²) in [6.07, 6.45) is 0. The molecule has 3 nitrogen and oxygen atoms in total. The van der Waals surface area contributed by atoms with Gasteiger partial charge in [-0.25, -0.2) is 4.39 Å². The van der Waals surface area contributed by atoms with Crippen LogP contribution >= 0.6 is 0 Å². The van der Waals surface area contributed by atoms with Gasteiger partial charge in [-0.3, -0.25) is 0 Å². The molecule has 2 N–H and O–H groups in total. The lowest BCUT2D eigenvalue weighted by molar-refractivity contribution is 0.0897. The molecule has 0 aromatic heterocycles. The molecule has 0 radical (unpaired) electrons. The van der Waals surface area contributed by atoms with Crippen LogP contribution in [-0.2, 0) is 4.74 Å². The van der Waals surface area contributed by atoms with Gasteiger partial charge in [0.15, 0.2) is 0 Å². The average Bonchev–Trinajstić information content (AvgIpc) is 2.21. The van der Waals surface area contributed by atoms with E-state index in [2.05, 4.69) is 0 Å². The zero-order valence-corrected chi connectivity index (χ0v) is 7.91. The monoisotopic (exact) mass is 199 g/mol. The molecular weight excluding hydrogens is 185 g/mol. The number of halogens is 1. The van der Waals surface area contributed by atoms with Crippen molar-refractivity contribution in [3.05, 3.63) is 24.3 Å². The van der Waals surface area contributed by atoms with Gasteiger partial charge in [0, 0.05) is 5.69 Å². The Morgan fingerprint density at radius 3 is 2.43 bits per heavy atom. The molecule has 0 bridgehead atoms. The molecule has 0 heterocycles. The quantitative estimate of drug-likeness (QED) is 0.559. The molecule has 0 fully saturated rings. The topological polar surface area (TPSA) is 44.5 Å². The van der Waals surface area contributed by atoms with Gasteiger partial charge < -0.3 is 15.2 Å². The summed E-state index contributed by atoms with van der Waals surface area (Å²) in [5.74, 6) is 0.739. The number of benzene rings is 1. The highest BCUT2D eigenvalue weighted by Crippen LogP contribution is 2.12. The molecule has 0 aliphatic carbocycles. The second-order valence-electron chi connectivity index (χ2n) is 2.72. The largest absolute Gasteiger partial charge is 0.491 e. The first-order valence-electron chi connectivity index (χ1n) is 4.45. The third kappa shape index (κ3) is 4.09. The number of nitrogens with two attached hydrogens (primary N) is 1. The second kappa shape index (κ2) is 6.21. The fourth-order valence-electron chi connectivity index (χ4n) is 0.939. The molecule has 1 aromatic carbocycles. The smallest absolute Gasteiger partial charge is 0.119 e. The van der Waals surface area contributed by atoms with E-state index in [4.69, 9.17) is 15.2 Å². The molecule has 0 amide bonds. The molecule has 0 saturated heterocycles. The summed E-state index contributed by atoms with van der Waals surface area (Å²) >= 11 is 0. The van der Waals surface area contributed by atoms with E-state index >= 15 is 0 Å². The maximum atomic E-state index is 11.6. The summed E-state index contributed by atoms with van der Waals surface area (Å²) in [5, 5.41) is 0. The molecule has 1 aromatic rings. The van der Waals surface area contributed by atoms with Gasteiger partial charge in [0.05, 0.1) is 13.2 Å². The van der Waals surface area contributed by atoms with E-state index in [0.717, 1.165) is 5.75 Å². The number of nitrogen functional groups attached to an aromatic ring is 1. The van der Waals surface area contributed by atoms with Crippen LogP contribution in [0.5, 0.6) is 5.75 Å². The summed E-state index contributed by atoms with van der Waals surface area (Å²) in [5.41, 5.74) is 6.20. The Labute approximate surface area is 82.6 Å². The van der Waals surface area contributed by atoms with Crippen molar-refractivity contribution in [2.75, 3.05) is 32.2 Å². The molecule has 4 heteroatoms. The highest BCUT2D eigenvalue weighted by molar-refractivity contribution is 5.41. The Hall–Kier alpha value is -1.29. The van der Waals surface area contributed by atoms with Gasteiger partial charge in [-0.05, 0) is 24.3 Å². The van der Waals surface area contributed by atoms with E-state index in [1.165, 1.54) is 0 Å². The fourth-order valence-corrected chi connectivity index (χ4v) is 0.939. The summed E-state index contributed by atoms with van der Waals surface area (Å²) in [4.78, 5) is 0. The average molecular weight is 199 g/mol. The summed E-state index contributed by atoms with van der Waals surface area (Å²) in [6.45, 7) is 0.491. The zero-order valence-electron chi connectivity index (χ0n) is 7.91. The molecule has 0 unspecified atom stereocenters. The minimum Gasteiger partial charge on any atom is -0.491 e. The van der Waals surface area contributed by atoms with E-state index in [1.54, 1.807) is 24.3 Å². The Morgan fingerprint density at radius 1 is 1.07 bits per heavy atom. The van der Waals surface area contributed by atoms with Gasteiger partial charge in [0.25, 0.3) is 0 Å². The van der Waals surface area contributed by atoms with Crippen molar-refractivity contribution in [1.29, 1.82) is 0 Å². The maximum absolute atomic E-state index is 11.6. The summed E-state index contributed by atoms with van der Waals surface area (Å²) in [6, 6.07) is 7.09. The third-order valence-electron chi connectivity index (χ3n) is 1.60. The lowest BCUT2D eigenvalue weighted by atomic mass is 10.3. The zero-order chi connectivity index (χ0) is 10.2. The van der Waals surface area contributed by atoms with E-state index in [0.29, 0.717) is 18.9 Å². The SMILES string of the molecule is Nc1ccc(OCCOCCF)cc1. The summed E-state index contributed by atoms with van der Waals surface area (Å²) < 4.78 is 21.8. The highest BCUT2D eigenvalue weighted by Gasteiger charge is 1.93. The molecule has 0 aliphatic heterocycles. The van der Waals surface area contributed by atoms with Crippen LogP contribution < -0.4 is 10.5 Å². The van der Waals surface area contributed by atoms with E-state index in [1.807, 2.05) is 0 Å². The number of ether oxygens (including phenoxy) is 2. The fraction of sp³-hybridized carbons (Fsp3) is 0.400. The van der Waals surface area contributed by atoms with Crippen LogP contribution in [0.3, 0.4) is 0 Å². The summed E-state index contributed by atoms with van der Waals surface area (Å²) in [7, 11) is 0. The van der Waals surface area contributed by atoms with Crippen LogP contribution in [0.25, 0.3) is 0 Å². The van der Waals surface area contributed by atoms with Gasteiger partial charge in [-0.1, -0.05) is 0 Å². The highest BCUT2D eigenvalue weighted by atomic mass is 19.1. The molecular formula is C10H14FNO2. The molecule has 0 spiro atoms. The van der Waals surface area contributed by atoms with Gasteiger partial charge in [-0.15, -0.1) is 0 Å². The first-order valence-corrected chi connectivity index (χ1v) is 4.45. The van der Waals surface area contributed by atoms with Crippen molar-refractivity contribution in [2.24, 2.45) is 0 Å². The van der Waals surface area contributed by atoms with Crippen LogP contribution in [0.4, 0.5) is 10.1 Å². The predicted molar refractivity (Wildman–Crippen MR) is 53.1 cm³/mol. The van der Waals surface area contributed by atoms with Crippen molar-refractivity contribution >= 4 is 5.69 Å². The minimum atomic E-state index is -0.456. The molecule has 0 aliphatic rings. The number of rotatable bonds is 6. The van der Waals surface area contributed by atoms with Crippen LogP contribution in [-0.4, -0.2) is 26.5 Å². The molecule has 78 valence electrons. The van der Waals surface area contributed by atoms with Gasteiger partial charge in [0.1, 0.15) is 19.0 Å². The molecule has 0 saturated carbocycles. The van der Waals surface area contributed by atoms with Gasteiger partial charge in [-0.2, -0.15) is 0 Å². The van der Waals surface area contributed by atoms with Crippen molar-refractivity contribution in [2.45, 2.75) is 0 Å². The van der Waals surface area contributed by atoms with E-state index in [-0.39, 0.29) is 6.61 Å². The second-order valence-corrected chi connectivity index (χ2v) is 2.72. The Balaban J connectivity index is 2.15. The Morgan fingerprint density at radius 2 is 1.79 bits per heavy atom. The lowest BCUT2D eigenvalue weighted by Crippen LogP contribution is -2.08. The third-order valence-corrected chi connectivity index (χ3v) is 1.60. The number of anilines is 1. The molecule has 0 atom stereocenters. The van der Waals surface area contributed by atoms with Gasteiger partial charge >= 0.3 is 0 Å². The van der Waals surface area contributed by atoms with Crippen LogP contribution in [0, 0.1) is 0 Å². The standard InChI is InChI=1S/C10H14FNO2/c11-5-6-13-7-8-14-10-3-1-9(12)2-4-10/h1-4H,5-8,12H2. The van der Waals surface area contributed by atoms with Gasteiger partial charge in [0.2, 0.25) is 0 Å². The van der Waals surface area contributed by atoms with Crippen molar-refractivity contribution < 1.29 is 13.9 Å². The predicted octanol–water partition coefficient (Wildman–Crippen LogP) is 1.63. The first kappa shape index (κ1) is 10.8. The Kier molecular flexibility index (Phi) is 4.78. The lowest BCUT2D eigenvalue weighted by Gasteiger charge is -2.06. The van der Waals surface area contributed by atoms with E-state index in [9.17, 15) is 4.39 Å². The minimum absolute atomic E-state index is 0.130. The Bertz CT molecular complexity index is 251. The first-order chi connectivity index (χ1) is 6.83. The molecule has 14 heavy (non-hydrogen) atoms. The van der Waals surface area contributed by atoms with Crippen LogP contribution in [0.1, 0.15) is 0 Å².